The number of aliphatic hydroxyl groups excluding tert-OH is 1. The predicted octanol–water partition coefficient (Wildman–Crippen LogP) is 5.17. The highest BCUT2D eigenvalue weighted by atomic mass is 35.5. The Labute approximate surface area is 284 Å². The van der Waals surface area contributed by atoms with Crippen molar-refractivity contribution in [1.29, 1.82) is 0 Å². The van der Waals surface area contributed by atoms with Crippen LogP contribution in [0.3, 0.4) is 0 Å². The molecule has 0 unspecified atom stereocenters. The van der Waals surface area contributed by atoms with E-state index in [0.29, 0.717) is 28.1 Å². The number of nitrogens with zero attached hydrogens (tertiary/aromatic N) is 2. The number of ketones is 1. The molecule has 9 nitrogen and oxygen atoms in total. The molecule has 0 radical (unpaired) electrons. The van der Waals surface area contributed by atoms with Gasteiger partial charge in [0.05, 0.1) is 29.8 Å². The van der Waals surface area contributed by atoms with Gasteiger partial charge in [0.1, 0.15) is 18.2 Å². The molecule has 48 heavy (non-hydrogen) atoms. The van der Waals surface area contributed by atoms with Gasteiger partial charge in [-0.15, -0.1) is 23.2 Å². The maximum absolute atomic E-state index is 14.4. The normalized spacial score (nSPS) is 29.4. The molecular formula is C36H29Cl2FN2O7. The number of amides is 4. The summed E-state index contributed by atoms with van der Waals surface area (Å²) >= 11 is 14.8. The molecule has 4 amide bonds. The second-order valence-corrected chi connectivity index (χ2v) is 13.7. The van der Waals surface area contributed by atoms with E-state index in [1.807, 2.05) is 6.08 Å². The zero-order valence-electron chi connectivity index (χ0n) is 25.6. The van der Waals surface area contributed by atoms with Crippen LogP contribution in [0.2, 0.25) is 0 Å². The van der Waals surface area contributed by atoms with Crippen LogP contribution in [0.15, 0.2) is 84.4 Å². The Morgan fingerprint density at radius 3 is 2.12 bits per heavy atom. The second kappa shape index (κ2) is 11.6. The van der Waals surface area contributed by atoms with E-state index in [1.54, 1.807) is 48.5 Å². The smallest absolute Gasteiger partial charge is 0.258 e. The van der Waals surface area contributed by atoms with Crippen molar-refractivity contribution in [2.45, 2.75) is 35.4 Å². The maximum Gasteiger partial charge on any atom is 0.258 e. The van der Waals surface area contributed by atoms with Crippen molar-refractivity contribution >= 4 is 64.0 Å². The molecule has 2 saturated heterocycles. The zero-order valence-corrected chi connectivity index (χ0v) is 27.1. The summed E-state index contributed by atoms with van der Waals surface area (Å²) < 4.78 is 19.4. The van der Waals surface area contributed by atoms with E-state index in [9.17, 15) is 33.5 Å². The number of aliphatic hydroxyl groups is 1. The van der Waals surface area contributed by atoms with E-state index >= 15 is 0 Å². The first-order valence-corrected chi connectivity index (χ1v) is 16.2. The van der Waals surface area contributed by atoms with Gasteiger partial charge in [-0.05, 0) is 91.9 Å². The quantitative estimate of drug-likeness (QED) is 0.157. The topological polar surface area (TPSA) is 121 Å². The van der Waals surface area contributed by atoms with Gasteiger partial charge in [-0.2, -0.15) is 0 Å². The zero-order chi connectivity index (χ0) is 34.1. The van der Waals surface area contributed by atoms with Crippen molar-refractivity contribution in [2.75, 3.05) is 23.0 Å². The monoisotopic (exact) mass is 690 g/mol. The van der Waals surface area contributed by atoms with Crippen molar-refractivity contribution in [3.8, 4) is 5.75 Å². The number of carbonyl (C=O) groups excluding carboxylic acids is 5. The van der Waals surface area contributed by atoms with Gasteiger partial charge >= 0.3 is 0 Å². The molecule has 6 atom stereocenters. The van der Waals surface area contributed by atoms with Gasteiger partial charge in [0.25, 0.3) is 11.8 Å². The van der Waals surface area contributed by atoms with Crippen molar-refractivity contribution in [3.05, 3.63) is 101 Å². The fourth-order valence-corrected chi connectivity index (χ4v) is 8.73. The van der Waals surface area contributed by atoms with Crippen LogP contribution in [0, 0.1) is 23.6 Å². The van der Waals surface area contributed by atoms with Crippen LogP contribution in [0.25, 0.3) is 0 Å². The van der Waals surface area contributed by atoms with Crippen LogP contribution in [0.4, 0.5) is 15.8 Å². The summed E-state index contributed by atoms with van der Waals surface area (Å²) in [7, 11) is 0. The Morgan fingerprint density at radius 2 is 1.50 bits per heavy atom. The van der Waals surface area contributed by atoms with E-state index in [0.717, 1.165) is 21.9 Å². The standard InChI is InChI=1S/C36H29Cl2FN2O7/c1-19(43)20-2-8-23(9-3-20)40-31(44)27-15-14-26-28(29(27)32(40)45)18-35(37)33(46)41(24-10-6-22(39)7-11-24)34(47)36(35,38)30(26)21-4-12-25(13-5-21)48-17-16-42/h2-14,27-30,42H,15-18H2,1H3/t27-,28+,29-,30-,35+,36-/m0/s1. The summed E-state index contributed by atoms with van der Waals surface area (Å²) in [4.78, 5) is 66.6. The van der Waals surface area contributed by atoms with Crippen LogP contribution in [-0.2, 0) is 19.2 Å². The van der Waals surface area contributed by atoms with E-state index < -0.39 is 62.9 Å². The van der Waals surface area contributed by atoms with Crippen LogP contribution in [-0.4, -0.2) is 57.5 Å². The van der Waals surface area contributed by atoms with Crippen LogP contribution < -0.4 is 14.5 Å². The minimum Gasteiger partial charge on any atom is -0.491 e. The fourth-order valence-electron chi connectivity index (χ4n) is 7.79. The molecule has 1 N–H and O–H groups in total. The van der Waals surface area contributed by atoms with Crippen LogP contribution >= 0.6 is 23.2 Å². The number of Topliss-reactive ketones (excluding diaryl/α,β-unsaturated/α-hetero) is 1. The molecule has 246 valence electrons. The molecule has 2 aliphatic carbocycles. The van der Waals surface area contributed by atoms with Crippen molar-refractivity contribution in [2.24, 2.45) is 17.8 Å². The fraction of sp³-hybridized carbons (Fsp3) is 0.306. The molecule has 2 aliphatic heterocycles. The molecule has 0 bridgehead atoms. The summed E-state index contributed by atoms with van der Waals surface area (Å²) in [6.07, 6.45) is 1.81. The molecule has 3 fully saturated rings. The van der Waals surface area contributed by atoms with Gasteiger partial charge in [0.2, 0.25) is 11.8 Å². The summed E-state index contributed by atoms with van der Waals surface area (Å²) in [6, 6.07) is 17.7. The van der Waals surface area contributed by atoms with Gasteiger partial charge in [-0.3, -0.25) is 28.9 Å². The Hall–Kier alpha value is -4.38. The summed E-state index contributed by atoms with van der Waals surface area (Å²) in [5.74, 6) is -6.16. The van der Waals surface area contributed by atoms with E-state index in [1.165, 1.54) is 19.1 Å². The number of anilines is 2. The summed E-state index contributed by atoms with van der Waals surface area (Å²) in [5.41, 5.74) is 1.98. The number of carbonyl (C=O) groups is 5. The van der Waals surface area contributed by atoms with Crippen molar-refractivity contribution in [3.63, 3.8) is 0 Å². The number of benzene rings is 3. The molecule has 4 aliphatic rings. The Bertz CT molecular complexity index is 1900. The van der Waals surface area contributed by atoms with E-state index in [2.05, 4.69) is 0 Å². The number of hydrogen-bond donors (Lipinski definition) is 1. The minimum absolute atomic E-state index is 0.0625. The molecule has 7 rings (SSSR count). The third-order valence-corrected chi connectivity index (χ3v) is 11.4. The molecule has 2 heterocycles. The van der Waals surface area contributed by atoms with Gasteiger partial charge in [-0.25, -0.2) is 9.29 Å². The van der Waals surface area contributed by atoms with E-state index in [-0.39, 0.29) is 37.5 Å². The van der Waals surface area contributed by atoms with Gasteiger partial charge in [0.15, 0.2) is 15.5 Å². The highest BCUT2D eigenvalue weighted by molar-refractivity contribution is 6.58. The lowest BCUT2D eigenvalue weighted by Gasteiger charge is -2.50. The first-order chi connectivity index (χ1) is 22.9. The Kier molecular flexibility index (Phi) is 7.81. The first kappa shape index (κ1) is 32.2. The van der Waals surface area contributed by atoms with Gasteiger partial charge < -0.3 is 9.84 Å². The van der Waals surface area contributed by atoms with Crippen molar-refractivity contribution in [1.82, 2.24) is 0 Å². The maximum atomic E-state index is 14.4. The molecule has 12 heteroatoms. The SMILES string of the molecule is CC(=O)c1ccc(N2C(=O)[C@H]3[C@H](CC=C4[C@H]3C[C@@]3(Cl)C(=O)N(c5ccc(F)cc5)C(=O)[C@@]3(Cl)[C@H]4c3ccc(OCCO)cc3)C2=O)cc1. The highest BCUT2D eigenvalue weighted by Gasteiger charge is 2.76. The third-order valence-electron chi connectivity index (χ3n) is 10.0. The number of imide groups is 2. The summed E-state index contributed by atoms with van der Waals surface area (Å²) in [5, 5.41) is 9.18. The summed E-state index contributed by atoms with van der Waals surface area (Å²) in [6.45, 7) is 1.29. The Morgan fingerprint density at radius 1 is 0.875 bits per heavy atom. The number of fused-ring (bicyclic) bond motifs is 4. The lowest BCUT2D eigenvalue weighted by molar-refractivity contribution is -0.125. The largest absolute Gasteiger partial charge is 0.491 e. The second-order valence-electron chi connectivity index (χ2n) is 12.5. The number of allylic oxidation sites excluding steroid dienone is 2. The lowest BCUT2D eigenvalue weighted by atomic mass is 9.56. The van der Waals surface area contributed by atoms with Crippen LogP contribution in [0.1, 0.15) is 41.6 Å². The Balaban J connectivity index is 1.34. The van der Waals surface area contributed by atoms with Gasteiger partial charge in [-0.1, -0.05) is 23.8 Å². The van der Waals surface area contributed by atoms with Crippen LogP contribution in [0.5, 0.6) is 5.75 Å². The average molecular weight is 692 g/mol. The molecular weight excluding hydrogens is 662 g/mol. The highest BCUT2D eigenvalue weighted by Crippen LogP contribution is 2.66. The van der Waals surface area contributed by atoms with Gasteiger partial charge in [0, 0.05) is 11.5 Å². The lowest BCUT2D eigenvalue weighted by Crippen LogP contribution is -2.60. The average Bonchev–Trinajstić information content (AvgIpc) is 3.42. The van der Waals surface area contributed by atoms with Crippen molar-refractivity contribution < 1.29 is 38.2 Å². The molecule has 3 aromatic carbocycles. The number of rotatable bonds is 7. The number of ether oxygens (including phenoxy) is 1. The minimum atomic E-state index is -2.06. The third kappa shape index (κ3) is 4.57. The molecule has 0 spiro atoms. The first-order valence-electron chi connectivity index (χ1n) is 15.5. The number of hydrogen-bond acceptors (Lipinski definition) is 7. The predicted molar refractivity (Wildman–Crippen MR) is 175 cm³/mol. The molecule has 0 aromatic heterocycles. The van der Waals surface area contributed by atoms with E-state index in [4.69, 9.17) is 27.9 Å². The molecule has 1 saturated carbocycles. The number of alkyl halides is 2. The molecule has 3 aromatic rings. The number of halogens is 3.